The summed E-state index contributed by atoms with van der Waals surface area (Å²) in [6, 6.07) is 8.82. The number of hydrogen-bond acceptors (Lipinski definition) is 7. The molecule has 4 rings (SSSR count). The molecule has 0 radical (unpaired) electrons. The van der Waals surface area contributed by atoms with E-state index < -0.39 is 5.60 Å². The van der Waals surface area contributed by atoms with Gasteiger partial charge in [-0.25, -0.2) is 4.98 Å². The van der Waals surface area contributed by atoms with E-state index in [0.717, 1.165) is 81.0 Å². The van der Waals surface area contributed by atoms with Crippen LogP contribution in [0.4, 0.5) is 5.82 Å². The lowest BCUT2D eigenvalue weighted by molar-refractivity contribution is 0.0584. The number of rotatable bonds is 9. The minimum Gasteiger partial charge on any atom is -0.403 e. The zero-order valence-corrected chi connectivity index (χ0v) is 24.8. The predicted octanol–water partition coefficient (Wildman–Crippen LogP) is 5.17. The molecule has 9 heteroatoms. The molecule has 2 aliphatic rings. The van der Waals surface area contributed by atoms with Gasteiger partial charge < -0.3 is 21.1 Å². The van der Waals surface area contributed by atoms with Gasteiger partial charge in [0.25, 0.3) is 0 Å². The molecule has 2 aromatic rings. The quantitative estimate of drug-likeness (QED) is 0.382. The van der Waals surface area contributed by atoms with Crippen molar-refractivity contribution in [2.24, 2.45) is 5.73 Å². The Hall–Kier alpha value is -2.29. The number of nitrogens with zero attached hydrogens (tertiary/aromatic N) is 4. The molecule has 0 spiro atoms. The number of nitrogens with one attached hydrogen (secondary N) is 1. The topological polar surface area (TPSA) is 80.9 Å². The summed E-state index contributed by atoms with van der Waals surface area (Å²) < 4.78 is 0. The second-order valence-corrected chi connectivity index (χ2v) is 12.0. The summed E-state index contributed by atoms with van der Waals surface area (Å²) in [6.07, 6.45) is 8.23. The Labute approximate surface area is 243 Å². The van der Waals surface area contributed by atoms with E-state index in [1.165, 1.54) is 6.20 Å². The van der Waals surface area contributed by atoms with Crippen LogP contribution in [0.3, 0.4) is 0 Å². The maximum Gasteiger partial charge on any atom is 0.147 e. The van der Waals surface area contributed by atoms with Gasteiger partial charge in [-0.2, -0.15) is 0 Å². The second-order valence-electron chi connectivity index (χ2n) is 11.1. The monoisotopic (exact) mass is 572 g/mol. The van der Waals surface area contributed by atoms with E-state index in [1.807, 2.05) is 38.2 Å². The van der Waals surface area contributed by atoms with E-state index in [4.69, 9.17) is 33.9 Å². The molecule has 0 unspecified atom stereocenters. The molecule has 1 atom stereocenters. The Balaban J connectivity index is 1.35. The lowest BCUT2D eigenvalue weighted by Gasteiger charge is -2.48. The molecule has 0 amide bonds. The van der Waals surface area contributed by atoms with Crippen molar-refractivity contribution < 1.29 is 5.11 Å². The third kappa shape index (κ3) is 7.27. The van der Waals surface area contributed by atoms with Crippen molar-refractivity contribution in [2.45, 2.75) is 64.3 Å². The van der Waals surface area contributed by atoms with Gasteiger partial charge in [-0.05, 0) is 75.5 Å². The van der Waals surface area contributed by atoms with E-state index >= 15 is 0 Å². The van der Waals surface area contributed by atoms with Crippen molar-refractivity contribution in [2.75, 3.05) is 37.6 Å². The Kier molecular flexibility index (Phi) is 9.83. The fraction of sp³-hybridized carbons (Fsp3) is 0.500. The number of aliphatic hydroxyl groups is 1. The SMILES string of the molecule is C=C(N/C=C\N)c1cnc(N2CCN(C3CCN(Cc4ccc(Cl)cc4C(C)(C)O)CC3)[C@@H](CC)C2)c(Cl)c1. The van der Waals surface area contributed by atoms with Crippen molar-refractivity contribution in [1.29, 1.82) is 0 Å². The fourth-order valence-electron chi connectivity index (χ4n) is 5.87. The van der Waals surface area contributed by atoms with Crippen molar-refractivity contribution in [3.63, 3.8) is 0 Å². The molecule has 39 heavy (non-hydrogen) atoms. The molecule has 1 aromatic heterocycles. The van der Waals surface area contributed by atoms with E-state index in [9.17, 15) is 5.11 Å². The number of aromatic nitrogens is 1. The summed E-state index contributed by atoms with van der Waals surface area (Å²) in [5.74, 6) is 0.834. The molecule has 7 nitrogen and oxygen atoms in total. The Bertz CT molecular complexity index is 1170. The van der Waals surface area contributed by atoms with Crippen LogP contribution in [0.1, 0.15) is 56.7 Å². The molecule has 2 saturated heterocycles. The van der Waals surface area contributed by atoms with E-state index in [1.54, 1.807) is 6.20 Å². The number of nitrogens with two attached hydrogens (primary N) is 1. The molecule has 2 aliphatic heterocycles. The normalized spacial score (nSPS) is 20.1. The Morgan fingerprint density at radius 2 is 1.95 bits per heavy atom. The number of hydrogen-bond donors (Lipinski definition) is 3. The minimum atomic E-state index is -0.919. The summed E-state index contributed by atoms with van der Waals surface area (Å²) in [5, 5.41) is 15.0. The van der Waals surface area contributed by atoms with Crippen molar-refractivity contribution >= 4 is 34.7 Å². The number of piperazine rings is 1. The zero-order chi connectivity index (χ0) is 28.2. The number of piperidine rings is 1. The van der Waals surface area contributed by atoms with Crippen LogP contribution >= 0.6 is 23.2 Å². The lowest BCUT2D eigenvalue weighted by atomic mass is 9.92. The van der Waals surface area contributed by atoms with Gasteiger partial charge in [-0.1, -0.05) is 42.8 Å². The molecule has 3 heterocycles. The molecule has 4 N–H and O–H groups in total. The van der Waals surface area contributed by atoms with Crippen molar-refractivity contribution in [3.8, 4) is 0 Å². The highest BCUT2D eigenvalue weighted by Gasteiger charge is 2.34. The second kappa shape index (κ2) is 12.9. The molecular formula is C30H42Cl2N6O. The molecule has 0 aliphatic carbocycles. The average molecular weight is 574 g/mol. The standard InChI is InChI=1S/C30H42Cl2N6O/c1-5-25-20-37(29-28(32)16-23(18-35-29)21(2)34-11-10-33)14-15-38(25)26-8-12-36(13-9-26)19-22-6-7-24(31)17-27(22)30(3,4)39/h6-7,10-11,16-18,25-26,34,39H,2,5,8-9,12-15,19-20,33H2,1,3-4H3/b11-10-/t25-/m0/s1. The first kappa shape index (κ1) is 29.7. The molecule has 1 aromatic carbocycles. The van der Waals surface area contributed by atoms with Crippen LogP contribution in [-0.4, -0.2) is 64.7 Å². The number of anilines is 1. The summed E-state index contributed by atoms with van der Waals surface area (Å²) in [5.41, 5.74) is 8.09. The first-order valence-electron chi connectivity index (χ1n) is 13.8. The van der Waals surface area contributed by atoms with E-state index in [-0.39, 0.29) is 0 Å². The van der Waals surface area contributed by atoms with E-state index in [2.05, 4.69) is 39.6 Å². The number of benzene rings is 1. The lowest BCUT2D eigenvalue weighted by Crippen LogP contribution is -2.58. The smallest absolute Gasteiger partial charge is 0.147 e. The minimum absolute atomic E-state index is 0.456. The Morgan fingerprint density at radius 3 is 2.59 bits per heavy atom. The maximum absolute atomic E-state index is 10.7. The third-order valence-corrected chi connectivity index (χ3v) is 8.49. The Morgan fingerprint density at radius 1 is 1.21 bits per heavy atom. The van der Waals surface area contributed by atoms with Gasteiger partial charge in [0.1, 0.15) is 5.82 Å². The third-order valence-electron chi connectivity index (χ3n) is 7.97. The average Bonchev–Trinajstić information content (AvgIpc) is 2.92. The molecule has 2 fully saturated rings. The highest BCUT2D eigenvalue weighted by molar-refractivity contribution is 6.33. The summed E-state index contributed by atoms with van der Waals surface area (Å²) in [7, 11) is 0. The first-order chi connectivity index (χ1) is 18.6. The number of likely N-dealkylation sites (tertiary alicyclic amines) is 1. The fourth-order valence-corrected chi connectivity index (χ4v) is 6.33. The zero-order valence-electron chi connectivity index (χ0n) is 23.3. The summed E-state index contributed by atoms with van der Waals surface area (Å²) >= 11 is 12.9. The van der Waals surface area contributed by atoms with Gasteiger partial charge in [0, 0.05) is 73.1 Å². The highest BCUT2D eigenvalue weighted by Crippen LogP contribution is 2.32. The van der Waals surface area contributed by atoms with Gasteiger partial charge in [0.2, 0.25) is 0 Å². The largest absolute Gasteiger partial charge is 0.403 e. The van der Waals surface area contributed by atoms with Crippen LogP contribution in [0.15, 0.2) is 49.4 Å². The van der Waals surface area contributed by atoms with Gasteiger partial charge in [0.05, 0.1) is 10.6 Å². The highest BCUT2D eigenvalue weighted by atomic mass is 35.5. The maximum atomic E-state index is 10.7. The van der Waals surface area contributed by atoms with Crippen LogP contribution in [0.5, 0.6) is 0 Å². The van der Waals surface area contributed by atoms with Gasteiger partial charge in [-0.3, -0.25) is 9.80 Å². The van der Waals surface area contributed by atoms with Gasteiger partial charge in [0.15, 0.2) is 0 Å². The summed E-state index contributed by atoms with van der Waals surface area (Å²) in [6.45, 7) is 15.7. The van der Waals surface area contributed by atoms with Crippen molar-refractivity contribution in [3.05, 3.63) is 76.2 Å². The summed E-state index contributed by atoms with van der Waals surface area (Å²) in [4.78, 5) is 12.2. The number of pyridine rings is 1. The van der Waals surface area contributed by atoms with Crippen LogP contribution in [-0.2, 0) is 12.1 Å². The number of halogens is 2. The van der Waals surface area contributed by atoms with Gasteiger partial charge in [-0.15, -0.1) is 0 Å². The van der Waals surface area contributed by atoms with Gasteiger partial charge >= 0.3 is 0 Å². The molecule has 212 valence electrons. The van der Waals surface area contributed by atoms with Crippen LogP contribution in [0.2, 0.25) is 10.0 Å². The molecule has 0 bridgehead atoms. The van der Waals surface area contributed by atoms with Crippen LogP contribution < -0.4 is 16.0 Å². The predicted molar refractivity (Wildman–Crippen MR) is 163 cm³/mol. The van der Waals surface area contributed by atoms with E-state index in [0.29, 0.717) is 27.8 Å². The van der Waals surface area contributed by atoms with Crippen LogP contribution in [0.25, 0.3) is 5.70 Å². The molecule has 0 saturated carbocycles. The molecular weight excluding hydrogens is 531 g/mol. The van der Waals surface area contributed by atoms with Crippen molar-refractivity contribution in [1.82, 2.24) is 20.1 Å². The van der Waals surface area contributed by atoms with Crippen LogP contribution in [0, 0.1) is 0 Å². The first-order valence-corrected chi connectivity index (χ1v) is 14.6.